The third-order valence-electron chi connectivity index (χ3n) is 2.79. The standard InChI is InChI=1S/C10H19NO9S2/c1-2-3-6(11-20-22(16,17)18)21-10-9(15)8(14)7(13)5(4-12)19-10/h5,7-10,12-15H,2-4H2,1H3,(H,16,17,18)/p-1/b11-6+/t5-,7-,8+,9-,10+/m1/s1. The first-order valence-corrected chi connectivity index (χ1v) is 8.59. The Balaban J connectivity index is 2.83. The number of ether oxygens (including phenoxy) is 1. The van der Waals surface area contributed by atoms with Gasteiger partial charge in [0.1, 0.15) is 34.9 Å². The summed E-state index contributed by atoms with van der Waals surface area (Å²) < 4.78 is 40.3. The van der Waals surface area contributed by atoms with Crippen molar-refractivity contribution in [1.29, 1.82) is 0 Å². The average Bonchev–Trinajstić information content (AvgIpc) is 2.44. The lowest BCUT2D eigenvalue weighted by atomic mass is 10.0. The molecule has 130 valence electrons. The van der Waals surface area contributed by atoms with Gasteiger partial charge in [0.25, 0.3) is 10.4 Å². The number of oxime groups is 1. The molecular formula is C10H18NO9S2-. The molecule has 0 saturated carbocycles. The lowest BCUT2D eigenvalue weighted by molar-refractivity contribution is -0.205. The second-order valence-electron chi connectivity index (χ2n) is 4.53. The molecule has 0 spiro atoms. The van der Waals surface area contributed by atoms with Crippen molar-refractivity contribution in [2.45, 2.75) is 49.6 Å². The van der Waals surface area contributed by atoms with Crippen LogP contribution in [0.1, 0.15) is 19.8 Å². The second kappa shape index (κ2) is 8.40. The van der Waals surface area contributed by atoms with Crippen molar-refractivity contribution >= 4 is 27.2 Å². The number of hydrogen-bond acceptors (Lipinski definition) is 11. The van der Waals surface area contributed by atoms with E-state index in [1.807, 2.05) is 0 Å². The van der Waals surface area contributed by atoms with E-state index in [9.17, 15) is 28.3 Å². The first-order chi connectivity index (χ1) is 10.2. The summed E-state index contributed by atoms with van der Waals surface area (Å²) in [5, 5.41) is 41.5. The zero-order valence-electron chi connectivity index (χ0n) is 11.6. The molecule has 1 heterocycles. The Morgan fingerprint density at radius 3 is 2.45 bits per heavy atom. The van der Waals surface area contributed by atoms with E-state index in [0.717, 1.165) is 11.8 Å². The highest BCUT2D eigenvalue weighted by atomic mass is 32.3. The molecule has 1 fully saturated rings. The predicted molar refractivity (Wildman–Crippen MR) is 74.5 cm³/mol. The van der Waals surface area contributed by atoms with Crippen LogP contribution in [0.3, 0.4) is 0 Å². The molecule has 0 amide bonds. The van der Waals surface area contributed by atoms with E-state index < -0.39 is 46.9 Å². The minimum atomic E-state index is -5.01. The molecule has 1 aliphatic rings. The quantitative estimate of drug-likeness (QED) is 0.138. The molecule has 0 aromatic carbocycles. The first kappa shape index (κ1) is 19.6. The largest absolute Gasteiger partial charge is 0.714 e. The Bertz CT molecular complexity index is 481. The highest BCUT2D eigenvalue weighted by Crippen LogP contribution is 2.30. The topological polar surface area (TPSA) is 169 Å². The van der Waals surface area contributed by atoms with E-state index in [-0.39, 0.29) is 11.5 Å². The van der Waals surface area contributed by atoms with Gasteiger partial charge in [-0.1, -0.05) is 23.8 Å². The molecule has 0 bridgehead atoms. The summed E-state index contributed by atoms with van der Waals surface area (Å²) in [6, 6.07) is 0. The van der Waals surface area contributed by atoms with Gasteiger partial charge in [0.15, 0.2) is 0 Å². The lowest BCUT2D eigenvalue weighted by Gasteiger charge is -2.39. The fourth-order valence-electron chi connectivity index (χ4n) is 1.73. The summed E-state index contributed by atoms with van der Waals surface area (Å²) in [4.78, 5) is 0. The SMILES string of the molecule is CCC/C(=N\OS(=O)(=O)[O-])S[C@@H]1O[C@H](CO)[C@@H](O)[C@H](O)[C@H]1O. The van der Waals surface area contributed by atoms with Crippen LogP contribution in [-0.2, 0) is 19.4 Å². The monoisotopic (exact) mass is 360 g/mol. The molecule has 0 unspecified atom stereocenters. The van der Waals surface area contributed by atoms with Gasteiger partial charge in [-0.2, -0.15) is 8.42 Å². The number of hydrogen-bond donors (Lipinski definition) is 4. The van der Waals surface area contributed by atoms with Gasteiger partial charge in [-0.25, -0.2) is 0 Å². The maximum absolute atomic E-state index is 10.4. The zero-order valence-corrected chi connectivity index (χ0v) is 13.2. The molecule has 1 rings (SSSR count). The van der Waals surface area contributed by atoms with Gasteiger partial charge in [0.2, 0.25) is 0 Å². The number of aliphatic hydroxyl groups excluding tert-OH is 4. The van der Waals surface area contributed by atoms with E-state index in [4.69, 9.17) is 9.84 Å². The Labute approximate surface area is 131 Å². The van der Waals surface area contributed by atoms with Crippen molar-refractivity contribution in [1.82, 2.24) is 0 Å². The second-order valence-corrected chi connectivity index (χ2v) is 6.67. The van der Waals surface area contributed by atoms with Crippen LogP contribution in [0.15, 0.2) is 5.16 Å². The van der Waals surface area contributed by atoms with Gasteiger partial charge >= 0.3 is 0 Å². The molecule has 12 heteroatoms. The lowest BCUT2D eigenvalue weighted by Crippen LogP contribution is -2.57. The van der Waals surface area contributed by atoms with Crippen LogP contribution in [0.25, 0.3) is 0 Å². The third kappa shape index (κ3) is 5.62. The van der Waals surface area contributed by atoms with Crippen LogP contribution in [0.4, 0.5) is 0 Å². The predicted octanol–water partition coefficient (Wildman–Crippen LogP) is -1.89. The van der Waals surface area contributed by atoms with Gasteiger partial charge in [-0.05, 0) is 12.8 Å². The Morgan fingerprint density at radius 2 is 1.95 bits per heavy atom. The van der Waals surface area contributed by atoms with Crippen LogP contribution in [0.2, 0.25) is 0 Å². The van der Waals surface area contributed by atoms with Crippen LogP contribution in [-0.4, -0.2) is 74.9 Å². The van der Waals surface area contributed by atoms with Gasteiger partial charge in [0.05, 0.1) is 6.61 Å². The van der Waals surface area contributed by atoms with Crippen LogP contribution in [0.5, 0.6) is 0 Å². The van der Waals surface area contributed by atoms with Gasteiger partial charge < -0.3 is 29.7 Å². The van der Waals surface area contributed by atoms with E-state index in [2.05, 4.69) is 9.44 Å². The summed E-state index contributed by atoms with van der Waals surface area (Å²) in [7, 11) is -5.01. The van der Waals surface area contributed by atoms with Crippen LogP contribution < -0.4 is 0 Å². The first-order valence-electron chi connectivity index (χ1n) is 6.38. The van der Waals surface area contributed by atoms with Crippen molar-refractivity contribution in [3.63, 3.8) is 0 Å². The minimum Gasteiger partial charge on any atom is -0.714 e. The van der Waals surface area contributed by atoms with Crippen LogP contribution in [0, 0.1) is 0 Å². The maximum atomic E-state index is 10.4. The van der Waals surface area contributed by atoms with Gasteiger partial charge in [-0.15, -0.1) is 0 Å². The Morgan fingerprint density at radius 1 is 1.32 bits per heavy atom. The molecule has 0 aliphatic carbocycles. The van der Waals surface area contributed by atoms with Crippen molar-refractivity contribution in [2.75, 3.05) is 6.61 Å². The number of aliphatic hydroxyl groups is 4. The third-order valence-corrected chi connectivity index (χ3v) is 4.22. The Hall–Kier alpha value is -0.470. The van der Waals surface area contributed by atoms with Crippen molar-refractivity contribution in [2.24, 2.45) is 5.16 Å². The highest BCUT2D eigenvalue weighted by molar-refractivity contribution is 8.14. The van der Waals surface area contributed by atoms with Crippen molar-refractivity contribution < 1.29 is 42.4 Å². The molecule has 0 aromatic heterocycles. The fraction of sp³-hybridized carbons (Fsp3) is 0.900. The van der Waals surface area contributed by atoms with Crippen molar-refractivity contribution in [3.8, 4) is 0 Å². The molecule has 10 nitrogen and oxygen atoms in total. The molecule has 22 heavy (non-hydrogen) atoms. The average molecular weight is 360 g/mol. The van der Waals surface area contributed by atoms with E-state index in [0.29, 0.717) is 6.42 Å². The fourth-order valence-corrected chi connectivity index (χ4v) is 3.12. The van der Waals surface area contributed by atoms with E-state index >= 15 is 0 Å². The molecular weight excluding hydrogens is 342 g/mol. The van der Waals surface area contributed by atoms with Crippen LogP contribution >= 0.6 is 11.8 Å². The number of rotatable bonds is 6. The van der Waals surface area contributed by atoms with E-state index in [1.54, 1.807) is 6.92 Å². The maximum Gasteiger partial charge on any atom is 0.284 e. The number of thioether (sulfide) groups is 1. The molecule has 4 N–H and O–H groups in total. The summed E-state index contributed by atoms with van der Waals surface area (Å²) in [6.07, 6.45) is -4.89. The van der Waals surface area contributed by atoms with E-state index in [1.165, 1.54) is 0 Å². The minimum absolute atomic E-state index is 0.0475. The zero-order chi connectivity index (χ0) is 16.9. The van der Waals surface area contributed by atoms with Crippen molar-refractivity contribution in [3.05, 3.63) is 0 Å². The smallest absolute Gasteiger partial charge is 0.284 e. The summed E-state index contributed by atoms with van der Waals surface area (Å²) in [5.41, 5.74) is -1.13. The molecule has 0 radical (unpaired) electrons. The molecule has 0 aromatic rings. The van der Waals surface area contributed by atoms with Gasteiger partial charge in [0, 0.05) is 0 Å². The highest BCUT2D eigenvalue weighted by Gasteiger charge is 2.44. The summed E-state index contributed by atoms with van der Waals surface area (Å²) in [6.45, 7) is 1.17. The summed E-state index contributed by atoms with van der Waals surface area (Å²) in [5.74, 6) is 0. The summed E-state index contributed by atoms with van der Waals surface area (Å²) >= 11 is 0.731. The normalized spacial score (nSPS) is 33.7. The Kier molecular flexibility index (Phi) is 7.48. The number of nitrogens with zero attached hydrogens (tertiary/aromatic N) is 1. The molecule has 1 aliphatic heterocycles. The van der Waals surface area contributed by atoms with Gasteiger partial charge in [-0.3, -0.25) is 4.28 Å². The molecule has 5 atom stereocenters. The molecule has 1 saturated heterocycles.